The van der Waals surface area contributed by atoms with E-state index in [0.29, 0.717) is 12.0 Å². The molecular weight excluding hydrogens is 124 g/mol. The lowest BCUT2D eigenvalue weighted by Crippen LogP contribution is -2.27. The van der Waals surface area contributed by atoms with E-state index in [2.05, 4.69) is 24.8 Å². The SMILES string of the molecule is CC(C)N1CCC(C#N)C1. The van der Waals surface area contributed by atoms with Crippen LogP contribution in [0.2, 0.25) is 0 Å². The van der Waals surface area contributed by atoms with Gasteiger partial charge in [0.15, 0.2) is 0 Å². The molecule has 1 atom stereocenters. The second-order valence-electron chi connectivity index (χ2n) is 3.20. The Morgan fingerprint density at radius 1 is 1.60 bits per heavy atom. The molecule has 1 rings (SSSR count). The van der Waals surface area contributed by atoms with Gasteiger partial charge in [0.25, 0.3) is 0 Å². The maximum atomic E-state index is 8.59. The highest BCUT2D eigenvalue weighted by molar-refractivity contribution is 4.91. The fourth-order valence-electron chi connectivity index (χ4n) is 1.36. The molecule has 1 unspecified atom stereocenters. The number of nitrogens with zero attached hydrogens (tertiary/aromatic N) is 2. The quantitative estimate of drug-likeness (QED) is 0.545. The van der Waals surface area contributed by atoms with Crippen LogP contribution in [0.25, 0.3) is 0 Å². The second kappa shape index (κ2) is 3.03. The van der Waals surface area contributed by atoms with E-state index in [0.717, 1.165) is 19.5 Å². The zero-order valence-electron chi connectivity index (χ0n) is 6.67. The second-order valence-corrected chi connectivity index (χ2v) is 3.20. The molecule has 0 radical (unpaired) electrons. The maximum absolute atomic E-state index is 8.59. The number of nitriles is 1. The van der Waals surface area contributed by atoms with Crippen molar-refractivity contribution in [1.29, 1.82) is 5.26 Å². The third-order valence-corrected chi connectivity index (χ3v) is 2.13. The molecule has 0 aromatic carbocycles. The molecule has 1 saturated heterocycles. The zero-order valence-corrected chi connectivity index (χ0v) is 6.67. The minimum Gasteiger partial charge on any atom is -0.300 e. The predicted octanol–water partition coefficient (Wildman–Crippen LogP) is 1.24. The number of hydrogen-bond donors (Lipinski definition) is 0. The van der Waals surface area contributed by atoms with Crippen LogP contribution in [-0.2, 0) is 0 Å². The van der Waals surface area contributed by atoms with Crippen molar-refractivity contribution < 1.29 is 0 Å². The third kappa shape index (κ3) is 1.48. The fraction of sp³-hybridized carbons (Fsp3) is 0.875. The van der Waals surface area contributed by atoms with Crippen LogP contribution in [0.15, 0.2) is 0 Å². The molecule has 56 valence electrons. The molecular formula is C8H14N2. The van der Waals surface area contributed by atoms with E-state index in [1.165, 1.54) is 0 Å². The van der Waals surface area contributed by atoms with Gasteiger partial charge in [-0.25, -0.2) is 0 Å². The predicted molar refractivity (Wildman–Crippen MR) is 40.4 cm³/mol. The van der Waals surface area contributed by atoms with Gasteiger partial charge in [0.05, 0.1) is 12.0 Å². The molecule has 10 heavy (non-hydrogen) atoms. The topological polar surface area (TPSA) is 27.0 Å². The Balaban J connectivity index is 2.37. The Morgan fingerprint density at radius 2 is 2.30 bits per heavy atom. The molecule has 1 fully saturated rings. The standard InChI is InChI=1S/C8H14N2/c1-7(2)10-4-3-8(5-9)6-10/h7-8H,3-4,6H2,1-2H3. The zero-order chi connectivity index (χ0) is 7.56. The van der Waals surface area contributed by atoms with Crippen molar-refractivity contribution in [3.8, 4) is 6.07 Å². The van der Waals surface area contributed by atoms with Crippen LogP contribution in [0.1, 0.15) is 20.3 Å². The van der Waals surface area contributed by atoms with E-state index in [1.807, 2.05) is 0 Å². The summed E-state index contributed by atoms with van der Waals surface area (Å²) in [5, 5.41) is 8.59. The highest BCUT2D eigenvalue weighted by atomic mass is 15.2. The van der Waals surface area contributed by atoms with E-state index in [-0.39, 0.29) is 0 Å². The van der Waals surface area contributed by atoms with Crippen molar-refractivity contribution in [2.45, 2.75) is 26.3 Å². The molecule has 0 N–H and O–H groups in total. The molecule has 2 heteroatoms. The summed E-state index contributed by atoms with van der Waals surface area (Å²) in [5.41, 5.74) is 0. The lowest BCUT2D eigenvalue weighted by atomic mass is 10.1. The summed E-state index contributed by atoms with van der Waals surface area (Å²) in [6, 6.07) is 2.92. The first kappa shape index (κ1) is 7.56. The van der Waals surface area contributed by atoms with Crippen LogP contribution >= 0.6 is 0 Å². The summed E-state index contributed by atoms with van der Waals surface area (Å²) in [4.78, 5) is 2.36. The summed E-state index contributed by atoms with van der Waals surface area (Å²) in [7, 11) is 0. The normalized spacial score (nSPS) is 27.2. The van der Waals surface area contributed by atoms with Gasteiger partial charge in [-0.15, -0.1) is 0 Å². The van der Waals surface area contributed by atoms with Crippen molar-refractivity contribution in [2.24, 2.45) is 5.92 Å². The Labute approximate surface area is 62.4 Å². The van der Waals surface area contributed by atoms with Gasteiger partial charge in [-0.2, -0.15) is 5.26 Å². The molecule has 0 aromatic rings. The van der Waals surface area contributed by atoms with Crippen LogP contribution in [-0.4, -0.2) is 24.0 Å². The highest BCUT2D eigenvalue weighted by Crippen LogP contribution is 2.16. The fourth-order valence-corrected chi connectivity index (χ4v) is 1.36. The molecule has 0 saturated carbocycles. The average Bonchev–Trinajstić information content (AvgIpc) is 2.34. The van der Waals surface area contributed by atoms with Crippen LogP contribution in [0.3, 0.4) is 0 Å². The summed E-state index contributed by atoms with van der Waals surface area (Å²) >= 11 is 0. The minimum atomic E-state index is 0.294. The molecule has 2 nitrogen and oxygen atoms in total. The van der Waals surface area contributed by atoms with Crippen molar-refractivity contribution in [2.75, 3.05) is 13.1 Å². The van der Waals surface area contributed by atoms with E-state index in [4.69, 9.17) is 5.26 Å². The largest absolute Gasteiger partial charge is 0.300 e. The Bertz CT molecular complexity index is 146. The van der Waals surface area contributed by atoms with Gasteiger partial charge in [-0.3, -0.25) is 4.90 Å². The molecule has 0 amide bonds. The first-order chi connectivity index (χ1) is 4.74. The smallest absolute Gasteiger partial charge is 0.0669 e. The van der Waals surface area contributed by atoms with Gasteiger partial charge >= 0.3 is 0 Å². The van der Waals surface area contributed by atoms with E-state index < -0.39 is 0 Å². The number of likely N-dealkylation sites (tertiary alicyclic amines) is 1. The molecule has 1 aliphatic rings. The van der Waals surface area contributed by atoms with Crippen molar-refractivity contribution in [3.63, 3.8) is 0 Å². The average molecular weight is 138 g/mol. The lowest BCUT2D eigenvalue weighted by molar-refractivity contribution is 0.271. The van der Waals surface area contributed by atoms with Gasteiger partial charge in [-0.05, 0) is 26.8 Å². The van der Waals surface area contributed by atoms with Gasteiger partial charge in [0.2, 0.25) is 0 Å². The number of hydrogen-bond acceptors (Lipinski definition) is 2. The van der Waals surface area contributed by atoms with Gasteiger partial charge in [-0.1, -0.05) is 0 Å². The first-order valence-corrected chi connectivity index (χ1v) is 3.87. The Morgan fingerprint density at radius 3 is 2.60 bits per heavy atom. The summed E-state index contributed by atoms with van der Waals surface area (Å²) in [5.74, 6) is 0.294. The lowest BCUT2D eigenvalue weighted by Gasteiger charge is -2.18. The van der Waals surface area contributed by atoms with Gasteiger partial charge in [0.1, 0.15) is 0 Å². The van der Waals surface area contributed by atoms with Crippen molar-refractivity contribution >= 4 is 0 Å². The van der Waals surface area contributed by atoms with E-state index in [1.54, 1.807) is 0 Å². The van der Waals surface area contributed by atoms with E-state index in [9.17, 15) is 0 Å². The van der Waals surface area contributed by atoms with Crippen molar-refractivity contribution in [3.05, 3.63) is 0 Å². The first-order valence-electron chi connectivity index (χ1n) is 3.87. The molecule has 0 spiro atoms. The van der Waals surface area contributed by atoms with E-state index >= 15 is 0 Å². The molecule has 1 heterocycles. The van der Waals surface area contributed by atoms with Gasteiger partial charge < -0.3 is 0 Å². The van der Waals surface area contributed by atoms with Crippen LogP contribution in [0, 0.1) is 17.2 Å². The summed E-state index contributed by atoms with van der Waals surface area (Å²) in [6.45, 7) is 6.45. The maximum Gasteiger partial charge on any atom is 0.0669 e. The van der Waals surface area contributed by atoms with Crippen molar-refractivity contribution in [1.82, 2.24) is 4.90 Å². The van der Waals surface area contributed by atoms with Gasteiger partial charge in [0, 0.05) is 12.6 Å². The van der Waals surface area contributed by atoms with Crippen LogP contribution in [0.5, 0.6) is 0 Å². The Hall–Kier alpha value is -0.550. The summed E-state index contributed by atoms with van der Waals surface area (Å²) < 4.78 is 0. The molecule has 0 bridgehead atoms. The molecule has 1 aliphatic heterocycles. The Kier molecular flexibility index (Phi) is 2.29. The third-order valence-electron chi connectivity index (χ3n) is 2.13. The number of rotatable bonds is 1. The molecule has 0 aliphatic carbocycles. The minimum absolute atomic E-state index is 0.294. The monoisotopic (exact) mass is 138 g/mol. The summed E-state index contributed by atoms with van der Waals surface area (Å²) in [6.07, 6.45) is 1.06. The van der Waals surface area contributed by atoms with Crippen LogP contribution in [0.4, 0.5) is 0 Å². The molecule has 0 aromatic heterocycles. The van der Waals surface area contributed by atoms with Crippen LogP contribution < -0.4 is 0 Å². The highest BCUT2D eigenvalue weighted by Gasteiger charge is 2.23.